The number of halogens is 2. The van der Waals surface area contributed by atoms with Crippen molar-refractivity contribution in [3.8, 4) is 5.75 Å². The van der Waals surface area contributed by atoms with E-state index in [1.165, 1.54) is 18.6 Å². The lowest BCUT2D eigenvalue weighted by atomic mass is 10.2. The third kappa shape index (κ3) is 5.25. The molecule has 2 aromatic carbocycles. The molecule has 0 aliphatic carbocycles. The maximum absolute atomic E-state index is 12.3. The van der Waals surface area contributed by atoms with Gasteiger partial charge in [0.25, 0.3) is 5.91 Å². The van der Waals surface area contributed by atoms with Gasteiger partial charge in [-0.05, 0) is 54.6 Å². The summed E-state index contributed by atoms with van der Waals surface area (Å²) in [5.41, 5.74) is 3.71. The SMILES string of the molecule is O=C(N/N=C/c1cc(Br)ccc1OC(=O)c1ccc(Cl)cc1)c1ccncc1. The van der Waals surface area contributed by atoms with Crippen molar-refractivity contribution >= 4 is 45.6 Å². The van der Waals surface area contributed by atoms with E-state index in [2.05, 4.69) is 31.4 Å². The molecule has 1 heterocycles. The van der Waals surface area contributed by atoms with Crippen molar-refractivity contribution in [2.75, 3.05) is 0 Å². The molecule has 0 unspecified atom stereocenters. The maximum Gasteiger partial charge on any atom is 0.343 e. The van der Waals surface area contributed by atoms with Crippen LogP contribution in [0.25, 0.3) is 0 Å². The number of pyridine rings is 1. The van der Waals surface area contributed by atoms with Crippen LogP contribution in [0.5, 0.6) is 5.75 Å². The van der Waals surface area contributed by atoms with E-state index >= 15 is 0 Å². The number of nitrogens with one attached hydrogen (secondary N) is 1. The van der Waals surface area contributed by atoms with E-state index in [0.717, 1.165) is 4.47 Å². The predicted molar refractivity (Wildman–Crippen MR) is 110 cm³/mol. The highest BCUT2D eigenvalue weighted by molar-refractivity contribution is 9.10. The van der Waals surface area contributed by atoms with E-state index in [-0.39, 0.29) is 5.91 Å². The molecule has 1 aromatic heterocycles. The first-order chi connectivity index (χ1) is 13.5. The zero-order valence-electron chi connectivity index (χ0n) is 14.3. The first-order valence-electron chi connectivity index (χ1n) is 8.03. The summed E-state index contributed by atoms with van der Waals surface area (Å²) in [6.45, 7) is 0. The van der Waals surface area contributed by atoms with Crippen molar-refractivity contribution in [2.45, 2.75) is 0 Å². The van der Waals surface area contributed by atoms with E-state index in [9.17, 15) is 9.59 Å². The smallest absolute Gasteiger partial charge is 0.343 e. The number of hydrogen-bond acceptors (Lipinski definition) is 5. The fourth-order valence-corrected chi connectivity index (χ4v) is 2.69. The molecule has 0 atom stereocenters. The molecule has 1 amide bonds. The second kappa shape index (κ2) is 9.25. The fraction of sp³-hybridized carbons (Fsp3) is 0. The number of benzene rings is 2. The van der Waals surface area contributed by atoms with E-state index in [1.54, 1.807) is 54.6 Å². The number of carbonyl (C=O) groups is 2. The Morgan fingerprint density at radius 2 is 1.75 bits per heavy atom. The largest absolute Gasteiger partial charge is 0.422 e. The number of ether oxygens (including phenoxy) is 1. The molecule has 28 heavy (non-hydrogen) atoms. The molecule has 0 bridgehead atoms. The van der Waals surface area contributed by atoms with Crippen molar-refractivity contribution in [3.63, 3.8) is 0 Å². The van der Waals surface area contributed by atoms with Gasteiger partial charge in [0.2, 0.25) is 0 Å². The van der Waals surface area contributed by atoms with Gasteiger partial charge in [-0.2, -0.15) is 5.10 Å². The molecule has 0 fully saturated rings. The van der Waals surface area contributed by atoms with Crippen LogP contribution in [0, 0.1) is 0 Å². The highest BCUT2D eigenvalue weighted by Crippen LogP contribution is 2.23. The fourth-order valence-electron chi connectivity index (χ4n) is 2.19. The minimum atomic E-state index is -0.533. The van der Waals surface area contributed by atoms with Gasteiger partial charge in [0.15, 0.2) is 0 Å². The van der Waals surface area contributed by atoms with Crippen LogP contribution >= 0.6 is 27.5 Å². The molecule has 0 aliphatic heterocycles. The predicted octanol–water partition coefficient (Wildman–Crippen LogP) is 4.48. The number of esters is 1. The van der Waals surface area contributed by atoms with Crippen LogP contribution in [0.3, 0.4) is 0 Å². The van der Waals surface area contributed by atoms with Crippen molar-refractivity contribution in [3.05, 3.63) is 93.2 Å². The highest BCUT2D eigenvalue weighted by atomic mass is 79.9. The minimum Gasteiger partial charge on any atom is -0.422 e. The Hall–Kier alpha value is -3.03. The summed E-state index contributed by atoms with van der Waals surface area (Å²) in [6.07, 6.45) is 4.43. The van der Waals surface area contributed by atoms with Gasteiger partial charge >= 0.3 is 5.97 Å². The summed E-state index contributed by atoms with van der Waals surface area (Å²) in [4.78, 5) is 28.2. The summed E-state index contributed by atoms with van der Waals surface area (Å²) in [5.74, 6) is -0.618. The molecule has 3 rings (SSSR count). The quantitative estimate of drug-likeness (QED) is 0.264. The lowest BCUT2D eigenvalue weighted by Gasteiger charge is -2.08. The van der Waals surface area contributed by atoms with Crippen molar-refractivity contribution < 1.29 is 14.3 Å². The van der Waals surface area contributed by atoms with Crippen LogP contribution in [0.4, 0.5) is 0 Å². The van der Waals surface area contributed by atoms with Crippen LogP contribution in [0.2, 0.25) is 5.02 Å². The number of hydrogen-bond donors (Lipinski definition) is 1. The molecule has 0 radical (unpaired) electrons. The summed E-state index contributed by atoms with van der Waals surface area (Å²) in [7, 11) is 0. The molecule has 140 valence electrons. The van der Waals surface area contributed by atoms with Crippen molar-refractivity contribution in [2.24, 2.45) is 5.10 Å². The second-order valence-electron chi connectivity index (χ2n) is 5.51. The minimum absolute atomic E-state index is 0.296. The van der Waals surface area contributed by atoms with Gasteiger partial charge < -0.3 is 4.74 Å². The van der Waals surface area contributed by atoms with Gasteiger partial charge in [0, 0.05) is 33.0 Å². The molecule has 8 heteroatoms. The zero-order chi connectivity index (χ0) is 19.9. The average molecular weight is 459 g/mol. The van der Waals surface area contributed by atoms with E-state index < -0.39 is 5.97 Å². The normalized spacial score (nSPS) is 10.6. The number of aromatic nitrogens is 1. The zero-order valence-corrected chi connectivity index (χ0v) is 16.6. The Bertz CT molecular complexity index is 1020. The number of nitrogens with zero attached hydrogens (tertiary/aromatic N) is 2. The molecule has 6 nitrogen and oxygen atoms in total. The highest BCUT2D eigenvalue weighted by Gasteiger charge is 2.12. The number of carbonyl (C=O) groups excluding carboxylic acids is 2. The topological polar surface area (TPSA) is 80.6 Å². The van der Waals surface area contributed by atoms with Gasteiger partial charge in [-0.25, -0.2) is 10.2 Å². The Balaban J connectivity index is 1.74. The first-order valence-corrected chi connectivity index (χ1v) is 9.21. The van der Waals surface area contributed by atoms with Crippen LogP contribution in [-0.4, -0.2) is 23.1 Å². The van der Waals surface area contributed by atoms with Gasteiger partial charge in [-0.3, -0.25) is 9.78 Å². The molecule has 0 saturated carbocycles. The summed E-state index contributed by atoms with van der Waals surface area (Å²) < 4.78 is 6.22. The third-order valence-electron chi connectivity index (χ3n) is 3.57. The van der Waals surface area contributed by atoms with E-state index in [1.807, 2.05) is 0 Å². The van der Waals surface area contributed by atoms with Crippen LogP contribution < -0.4 is 10.2 Å². The molecular weight excluding hydrogens is 446 g/mol. The summed E-state index contributed by atoms with van der Waals surface area (Å²) in [5, 5.41) is 4.46. The van der Waals surface area contributed by atoms with Crippen molar-refractivity contribution in [1.29, 1.82) is 0 Å². The van der Waals surface area contributed by atoms with Crippen LogP contribution in [0.15, 0.2) is 76.6 Å². The Labute approximate surface area is 174 Å². The van der Waals surface area contributed by atoms with Crippen LogP contribution in [-0.2, 0) is 0 Å². The third-order valence-corrected chi connectivity index (χ3v) is 4.31. The standard InChI is InChI=1S/C20H13BrClN3O3/c21-16-3-6-18(28-20(27)14-1-4-17(22)5-2-14)15(11-16)12-24-25-19(26)13-7-9-23-10-8-13/h1-12H,(H,25,26)/b24-12+. The molecule has 0 saturated heterocycles. The number of amides is 1. The number of hydrazone groups is 1. The van der Waals surface area contributed by atoms with Gasteiger partial charge in [-0.15, -0.1) is 0 Å². The maximum atomic E-state index is 12.3. The number of rotatable bonds is 5. The molecule has 1 N–H and O–H groups in total. The Morgan fingerprint density at radius 1 is 1.04 bits per heavy atom. The van der Waals surface area contributed by atoms with Crippen molar-refractivity contribution in [1.82, 2.24) is 10.4 Å². The van der Waals surface area contributed by atoms with Crippen LogP contribution in [0.1, 0.15) is 26.3 Å². The first kappa shape index (κ1) is 19.7. The Kier molecular flexibility index (Phi) is 6.52. The molecule has 3 aromatic rings. The molecule has 0 spiro atoms. The lowest BCUT2D eigenvalue weighted by molar-refractivity contribution is 0.0734. The van der Waals surface area contributed by atoms with E-state index in [0.29, 0.717) is 27.5 Å². The van der Waals surface area contributed by atoms with E-state index in [4.69, 9.17) is 16.3 Å². The second-order valence-corrected chi connectivity index (χ2v) is 6.87. The van der Waals surface area contributed by atoms with Gasteiger partial charge in [-0.1, -0.05) is 27.5 Å². The summed E-state index contributed by atoms with van der Waals surface area (Å²) in [6, 6.07) is 14.6. The Morgan fingerprint density at radius 3 is 2.46 bits per heavy atom. The molecular formula is C20H13BrClN3O3. The van der Waals surface area contributed by atoms with Gasteiger partial charge in [0.05, 0.1) is 11.8 Å². The van der Waals surface area contributed by atoms with Gasteiger partial charge in [0.1, 0.15) is 5.75 Å². The lowest BCUT2D eigenvalue weighted by Crippen LogP contribution is -2.17. The molecule has 0 aliphatic rings. The summed E-state index contributed by atoms with van der Waals surface area (Å²) >= 11 is 9.20. The monoisotopic (exact) mass is 457 g/mol. The average Bonchev–Trinajstić information content (AvgIpc) is 2.71.